The lowest BCUT2D eigenvalue weighted by Crippen LogP contribution is -2.39. The highest BCUT2D eigenvalue weighted by Crippen LogP contribution is 2.31. The van der Waals surface area contributed by atoms with Crippen LogP contribution in [0.5, 0.6) is 0 Å². The molecule has 1 unspecified atom stereocenters. The van der Waals surface area contributed by atoms with E-state index in [1.54, 1.807) is 0 Å². The number of hydrogen-bond acceptors (Lipinski definition) is 3. The van der Waals surface area contributed by atoms with Crippen LogP contribution in [0.3, 0.4) is 0 Å². The van der Waals surface area contributed by atoms with Crippen LogP contribution in [0.25, 0.3) is 0 Å². The number of imide groups is 1. The third-order valence-electron chi connectivity index (χ3n) is 4.45. The molecule has 22 heavy (non-hydrogen) atoms. The second-order valence-corrected chi connectivity index (χ2v) is 5.81. The van der Waals surface area contributed by atoms with Gasteiger partial charge >= 0.3 is 0 Å². The second-order valence-electron chi connectivity index (χ2n) is 5.81. The summed E-state index contributed by atoms with van der Waals surface area (Å²) in [5.41, 5.74) is 1.41. The number of carbonyl (C=O) groups is 2. The van der Waals surface area contributed by atoms with Crippen molar-refractivity contribution in [2.45, 2.75) is 37.5 Å². The Kier molecular flexibility index (Phi) is 5.53. The Hall–Kier alpha value is -1.46. The summed E-state index contributed by atoms with van der Waals surface area (Å²) in [6, 6.07) is 5.11. The van der Waals surface area contributed by atoms with Crippen molar-refractivity contribution < 1.29 is 14.0 Å². The van der Waals surface area contributed by atoms with Gasteiger partial charge in [-0.05, 0) is 55.5 Å². The van der Waals surface area contributed by atoms with Crippen LogP contribution in [0.2, 0.25) is 0 Å². The van der Waals surface area contributed by atoms with Gasteiger partial charge in [0.15, 0.2) is 0 Å². The summed E-state index contributed by atoms with van der Waals surface area (Å²) < 4.78 is 14.4. The third-order valence-corrected chi connectivity index (χ3v) is 4.45. The van der Waals surface area contributed by atoms with Crippen LogP contribution in [-0.2, 0) is 9.59 Å². The van der Waals surface area contributed by atoms with E-state index in [0.29, 0.717) is 18.4 Å². The lowest BCUT2D eigenvalue weighted by molar-refractivity contribution is -0.134. The van der Waals surface area contributed by atoms with Gasteiger partial charge in [0.2, 0.25) is 11.8 Å². The Morgan fingerprint density at radius 1 is 1.09 bits per heavy atom. The summed E-state index contributed by atoms with van der Waals surface area (Å²) in [7, 11) is 0. The van der Waals surface area contributed by atoms with Gasteiger partial charge in [0, 0.05) is 6.42 Å². The first-order valence-electron chi connectivity index (χ1n) is 7.49. The minimum Gasteiger partial charge on any atom is -0.317 e. The molecular formula is C16H20ClFN2O2. The Morgan fingerprint density at radius 3 is 2.45 bits per heavy atom. The van der Waals surface area contributed by atoms with E-state index in [2.05, 4.69) is 10.6 Å². The molecular weight excluding hydrogens is 307 g/mol. The molecule has 120 valence electrons. The highest BCUT2D eigenvalue weighted by atomic mass is 35.5. The number of carbonyl (C=O) groups excluding carboxylic acids is 2. The van der Waals surface area contributed by atoms with E-state index in [1.165, 1.54) is 6.07 Å². The quantitative estimate of drug-likeness (QED) is 0.819. The SMILES string of the molecule is Cl.O=C1CCC(c2ccc(C3CCNCC3)c(F)c2)C(=O)N1. The van der Waals surface area contributed by atoms with Gasteiger partial charge in [-0.25, -0.2) is 4.39 Å². The van der Waals surface area contributed by atoms with Crippen LogP contribution in [0, 0.1) is 5.82 Å². The average Bonchev–Trinajstić information content (AvgIpc) is 2.48. The highest BCUT2D eigenvalue weighted by Gasteiger charge is 2.29. The van der Waals surface area contributed by atoms with Crippen molar-refractivity contribution >= 4 is 24.2 Å². The molecule has 0 radical (unpaired) electrons. The number of benzene rings is 1. The maximum atomic E-state index is 14.4. The van der Waals surface area contributed by atoms with Crippen molar-refractivity contribution in [1.29, 1.82) is 0 Å². The van der Waals surface area contributed by atoms with Crippen molar-refractivity contribution in [3.63, 3.8) is 0 Å². The summed E-state index contributed by atoms with van der Waals surface area (Å²) in [6.07, 6.45) is 2.65. The standard InChI is InChI=1S/C16H19FN2O2.ClH/c17-14-9-11(13-3-4-15(20)19-16(13)21)1-2-12(14)10-5-7-18-8-6-10;/h1-2,9-10,13,18H,3-8H2,(H,19,20,21);1H. The molecule has 0 spiro atoms. The summed E-state index contributed by atoms with van der Waals surface area (Å²) >= 11 is 0. The van der Waals surface area contributed by atoms with Crippen LogP contribution in [-0.4, -0.2) is 24.9 Å². The first kappa shape index (κ1) is 16.9. The number of amides is 2. The smallest absolute Gasteiger partial charge is 0.234 e. The number of hydrogen-bond donors (Lipinski definition) is 2. The fourth-order valence-electron chi connectivity index (χ4n) is 3.24. The molecule has 1 atom stereocenters. The topological polar surface area (TPSA) is 58.2 Å². The minimum absolute atomic E-state index is 0. The Bertz CT molecular complexity index is 573. The van der Waals surface area contributed by atoms with Crippen molar-refractivity contribution in [3.05, 3.63) is 35.1 Å². The summed E-state index contributed by atoms with van der Waals surface area (Å²) in [5.74, 6) is -0.964. The fraction of sp³-hybridized carbons (Fsp3) is 0.500. The molecule has 3 rings (SSSR count). The molecule has 1 aromatic rings. The van der Waals surface area contributed by atoms with E-state index >= 15 is 0 Å². The zero-order valence-electron chi connectivity index (χ0n) is 12.2. The van der Waals surface area contributed by atoms with Crippen LogP contribution >= 0.6 is 12.4 Å². The zero-order valence-corrected chi connectivity index (χ0v) is 13.0. The molecule has 0 aromatic heterocycles. The number of piperidine rings is 2. The zero-order chi connectivity index (χ0) is 14.8. The minimum atomic E-state index is -0.417. The van der Waals surface area contributed by atoms with Gasteiger partial charge in [0.25, 0.3) is 0 Å². The number of rotatable bonds is 2. The van der Waals surface area contributed by atoms with E-state index in [-0.39, 0.29) is 36.0 Å². The van der Waals surface area contributed by atoms with Crippen LogP contribution in [0.15, 0.2) is 18.2 Å². The molecule has 6 heteroatoms. The van der Waals surface area contributed by atoms with Crippen molar-refractivity contribution in [2.75, 3.05) is 13.1 Å². The molecule has 2 N–H and O–H groups in total. The Labute approximate surface area is 135 Å². The summed E-state index contributed by atoms with van der Waals surface area (Å²) in [6.45, 7) is 1.83. The molecule has 2 fully saturated rings. The maximum Gasteiger partial charge on any atom is 0.234 e. The van der Waals surface area contributed by atoms with Crippen LogP contribution in [0.1, 0.15) is 48.6 Å². The number of nitrogens with one attached hydrogen (secondary N) is 2. The van der Waals surface area contributed by atoms with E-state index in [1.807, 2.05) is 12.1 Å². The predicted octanol–water partition coefficient (Wildman–Crippen LogP) is 2.23. The maximum absolute atomic E-state index is 14.4. The first-order valence-corrected chi connectivity index (χ1v) is 7.49. The van der Waals surface area contributed by atoms with Crippen molar-refractivity contribution in [2.24, 2.45) is 0 Å². The van der Waals surface area contributed by atoms with Crippen molar-refractivity contribution in [1.82, 2.24) is 10.6 Å². The normalized spacial score (nSPS) is 22.9. The molecule has 1 aromatic carbocycles. The van der Waals surface area contributed by atoms with E-state index in [0.717, 1.165) is 31.5 Å². The molecule has 2 aliphatic heterocycles. The average molecular weight is 327 g/mol. The molecule has 0 aliphatic carbocycles. The second kappa shape index (κ2) is 7.20. The molecule has 2 heterocycles. The molecule has 2 saturated heterocycles. The molecule has 0 saturated carbocycles. The van der Waals surface area contributed by atoms with Gasteiger partial charge in [-0.15, -0.1) is 12.4 Å². The summed E-state index contributed by atoms with van der Waals surface area (Å²) in [5, 5.41) is 5.59. The Balaban J connectivity index is 0.00000176. The highest BCUT2D eigenvalue weighted by molar-refractivity contribution is 6.00. The summed E-state index contributed by atoms with van der Waals surface area (Å²) in [4.78, 5) is 23.0. The molecule has 0 bridgehead atoms. The van der Waals surface area contributed by atoms with Crippen LogP contribution in [0.4, 0.5) is 4.39 Å². The van der Waals surface area contributed by atoms with E-state index in [4.69, 9.17) is 0 Å². The van der Waals surface area contributed by atoms with Crippen molar-refractivity contribution in [3.8, 4) is 0 Å². The van der Waals surface area contributed by atoms with E-state index < -0.39 is 5.92 Å². The third kappa shape index (κ3) is 3.47. The molecule has 4 nitrogen and oxygen atoms in total. The predicted molar refractivity (Wildman–Crippen MR) is 83.6 cm³/mol. The van der Waals surface area contributed by atoms with Gasteiger partial charge in [0.05, 0.1) is 5.92 Å². The van der Waals surface area contributed by atoms with Gasteiger partial charge < -0.3 is 5.32 Å². The lowest BCUT2D eigenvalue weighted by Gasteiger charge is -2.25. The van der Waals surface area contributed by atoms with Crippen LogP contribution < -0.4 is 10.6 Å². The lowest BCUT2D eigenvalue weighted by atomic mass is 9.86. The molecule has 2 aliphatic rings. The van der Waals surface area contributed by atoms with Gasteiger partial charge in [-0.3, -0.25) is 14.9 Å². The molecule has 2 amide bonds. The monoisotopic (exact) mass is 326 g/mol. The number of halogens is 2. The van der Waals surface area contributed by atoms with E-state index in [9.17, 15) is 14.0 Å². The van der Waals surface area contributed by atoms with Gasteiger partial charge in [0.1, 0.15) is 5.82 Å². The fourth-order valence-corrected chi connectivity index (χ4v) is 3.24. The Morgan fingerprint density at radius 2 is 1.82 bits per heavy atom. The van der Waals surface area contributed by atoms with Gasteiger partial charge in [-0.1, -0.05) is 12.1 Å². The first-order chi connectivity index (χ1) is 10.1. The largest absolute Gasteiger partial charge is 0.317 e. The van der Waals surface area contributed by atoms with Gasteiger partial charge in [-0.2, -0.15) is 0 Å².